The van der Waals surface area contributed by atoms with Gasteiger partial charge in [0.15, 0.2) is 5.82 Å². The largest absolute Gasteiger partial charge is 0.324 e. The summed E-state index contributed by atoms with van der Waals surface area (Å²) in [6.45, 7) is 0.978. The van der Waals surface area contributed by atoms with Crippen LogP contribution in [0, 0.1) is 0 Å². The molecule has 146 valence electrons. The van der Waals surface area contributed by atoms with E-state index in [9.17, 15) is 4.79 Å². The Balaban J connectivity index is 0.00000210. The quantitative estimate of drug-likeness (QED) is 0.838. The van der Waals surface area contributed by atoms with E-state index in [0.29, 0.717) is 0 Å². The molecule has 1 amide bonds. The SMILES string of the molecule is Cl.NC1(C(=O)Nc2ccc(-c3nnc4n3CCCCC4)cc2)CCCCC1. The maximum Gasteiger partial charge on any atom is 0.244 e. The summed E-state index contributed by atoms with van der Waals surface area (Å²) in [6, 6.07) is 7.86. The van der Waals surface area contributed by atoms with Crippen LogP contribution in [0.5, 0.6) is 0 Å². The first-order valence-electron chi connectivity index (χ1n) is 9.79. The molecular weight excluding hydrogens is 362 g/mol. The van der Waals surface area contributed by atoms with Gasteiger partial charge in [0.2, 0.25) is 5.91 Å². The van der Waals surface area contributed by atoms with E-state index in [1.54, 1.807) is 0 Å². The van der Waals surface area contributed by atoms with Crippen LogP contribution in [0.1, 0.15) is 57.2 Å². The number of halogens is 1. The molecule has 1 aromatic heterocycles. The molecule has 0 atom stereocenters. The minimum atomic E-state index is -0.721. The Morgan fingerprint density at radius 3 is 2.44 bits per heavy atom. The Morgan fingerprint density at radius 2 is 1.70 bits per heavy atom. The lowest BCUT2D eigenvalue weighted by molar-refractivity contribution is -0.122. The van der Waals surface area contributed by atoms with Crippen LogP contribution in [-0.2, 0) is 17.8 Å². The predicted octanol–water partition coefficient (Wildman–Crippen LogP) is 3.69. The highest BCUT2D eigenvalue weighted by atomic mass is 35.5. The first kappa shape index (κ1) is 19.8. The summed E-state index contributed by atoms with van der Waals surface area (Å²) < 4.78 is 2.23. The molecule has 1 aromatic carbocycles. The number of carbonyl (C=O) groups excluding carboxylic acids is 1. The third kappa shape index (κ3) is 4.17. The van der Waals surface area contributed by atoms with Gasteiger partial charge >= 0.3 is 0 Å². The summed E-state index contributed by atoms with van der Waals surface area (Å²) >= 11 is 0. The van der Waals surface area contributed by atoms with Gasteiger partial charge in [0.05, 0.1) is 5.54 Å². The Labute approximate surface area is 166 Å². The number of aromatic nitrogens is 3. The van der Waals surface area contributed by atoms with E-state index in [-0.39, 0.29) is 18.3 Å². The zero-order valence-corrected chi connectivity index (χ0v) is 16.4. The van der Waals surface area contributed by atoms with Crippen LogP contribution in [0.3, 0.4) is 0 Å². The van der Waals surface area contributed by atoms with Crippen LogP contribution >= 0.6 is 12.4 Å². The van der Waals surface area contributed by atoms with E-state index in [1.165, 1.54) is 25.7 Å². The molecule has 1 fully saturated rings. The minimum Gasteiger partial charge on any atom is -0.324 e. The molecule has 0 unspecified atom stereocenters. The predicted molar refractivity (Wildman–Crippen MR) is 109 cm³/mol. The first-order chi connectivity index (χ1) is 12.7. The van der Waals surface area contributed by atoms with Crippen molar-refractivity contribution in [2.45, 2.75) is 69.9 Å². The van der Waals surface area contributed by atoms with E-state index in [2.05, 4.69) is 20.1 Å². The van der Waals surface area contributed by atoms with Gasteiger partial charge in [-0.05, 0) is 49.9 Å². The summed E-state index contributed by atoms with van der Waals surface area (Å²) in [5.74, 6) is 1.93. The van der Waals surface area contributed by atoms with Crippen molar-refractivity contribution in [3.8, 4) is 11.4 Å². The third-order valence-corrected chi connectivity index (χ3v) is 5.71. The second kappa shape index (κ2) is 8.40. The molecular formula is C20H28ClN5O. The lowest BCUT2D eigenvalue weighted by Crippen LogP contribution is -2.52. The second-order valence-corrected chi connectivity index (χ2v) is 7.65. The smallest absolute Gasteiger partial charge is 0.244 e. The normalized spacial score (nSPS) is 18.7. The number of nitrogens with two attached hydrogens (primary N) is 1. The molecule has 0 bridgehead atoms. The highest BCUT2D eigenvalue weighted by Crippen LogP contribution is 2.28. The fraction of sp³-hybridized carbons (Fsp3) is 0.550. The van der Waals surface area contributed by atoms with E-state index in [0.717, 1.165) is 61.5 Å². The fourth-order valence-corrected chi connectivity index (χ4v) is 4.07. The van der Waals surface area contributed by atoms with Gasteiger partial charge in [-0.1, -0.05) is 25.7 Å². The molecule has 1 aliphatic carbocycles. The molecule has 2 aliphatic rings. The van der Waals surface area contributed by atoms with Gasteiger partial charge in [0.25, 0.3) is 0 Å². The zero-order valence-electron chi connectivity index (χ0n) is 15.6. The number of carbonyl (C=O) groups is 1. The number of rotatable bonds is 3. The first-order valence-corrected chi connectivity index (χ1v) is 9.79. The number of hydrogen-bond donors (Lipinski definition) is 2. The zero-order chi connectivity index (χ0) is 18.0. The lowest BCUT2D eigenvalue weighted by atomic mass is 9.82. The van der Waals surface area contributed by atoms with E-state index < -0.39 is 5.54 Å². The van der Waals surface area contributed by atoms with Crippen molar-refractivity contribution in [1.82, 2.24) is 14.8 Å². The molecule has 27 heavy (non-hydrogen) atoms. The fourth-order valence-electron chi connectivity index (χ4n) is 4.07. The molecule has 3 N–H and O–H groups in total. The molecule has 0 radical (unpaired) electrons. The molecule has 6 nitrogen and oxygen atoms in total. The molecule has 0 saturated heterocycles. The summed E-state index contributed by atoms with van der Waals surface area (Å²) in [5, 5.41) is 11.7. The van der Waals surface area contributed by atoms with Gasteiger partial charge in [-0.2, -0.15) is 0 Å². The van der Waals surface area contributed by atoms with Crippen LogP contribution in [0.4, 0.5) is 5.69 Å². The van der Waals surface area contributed by atoms with Crippen molar-refractivity contribution in [1.29, 1.82) is 0 Å². The molecule has 1 aliphatic heterocycles. The van der Waals surface area contributed by atoms with Crippen molar-refractivity contribution in [3.05, 3.63) is 30.1 Å². The summed E-state index contributed by atoms with van der Waals surface area (Å²) in [7, 11) is 0. The van der Waals surface area contributed by atoms with E-state index >= 15 is 0 Å². The highest BCUT2D eigenvalue weighted by Gasteiger charge is 2.35. The molecule has 4 rings (SSSR count). The van der Waals surface area contributed by atoms with Crippen molar-refractivity contribution in [2.75, 3.05) is 5.32 Å². The minimum absolute atomic E-state index is 0. The maximum absolute atomic E-state index is 12.6. The lowest BCUT2D eigenvalue weighted by Gasteiger charge is -2.31. The average Bonchev–Trinajstić information content (AvgIpc) is 2.91. The summed E-state index contributed by atoms with van der Waals surface area (Å²) in [4.78, 5) is 12.6. The number of fused-ring (bicyclic) bond motifs is 1. The van der Waals surface area contributed by atoms with Crippen molar-refractivity contribution < 1.29 is 4.79 Å². The van der Waals surface area contributed by atoms with Gasteiger partial charge in [-0.25, -0.2) is 0 Å². The molecule has 7 heteroatoms. The number of nitrogens with zero attached hydrogens (tertiary/aromatic N) is 3. The molecule has 2 heterocycles. The van der Waals surface area contributed by atoms with Crippen LogP contribution in [0.2, 0.25) is 0 Å². The second-order valence-electron chi connectivity index (χ2n) is 7.65. The Morgan fingerprint density at radius 1 is 1.00 bits per heavy atom. The maximum atomic E-state index is 12.6. The Hall–Kier alpha value is -1.92. The topological polar surface area (TPSA) is 85.8 Å². The number of benzene rings is 1. The van der Waals surface area contributed by atoms with Gasteiger partial charge in [0, 0.05) is 24.2 Å². The number of hydrogen-bond acceptors (Lipinski definition) is 4. The average molecular weight is 390 g/mol. The van der Waals surface area contributed by atoms with Crippen molar-refractivity contribution in [3.63, 3.8) is 0 Å². The number of amides is 1. The van der Waals surface area contributed by atoms with E-state index in [1.807, 2.05) is 24.3 Å². The van der Waals surface area contributed by atoms with Gasteiger partial charge in [-0.15, -0.1) is 22.6 Å². The summed E-state index contributed by atoms with van der Waals surface area (Å²) in [5.41, 5.74) is 7.41. The number of nitrogens with one attached hydrogen (secondary N) is 1. The standard InChI is InChI=1S/C20H27N5O.ClH/c21-20(12-4-2-5-13-20)19(26)22-16-10-8-15(9-11-16)18-24-23-17-7-3-1-6-14-25(17)18;/h8-11H,1-7,12-14,21H2,(H,22,26);1H. The van der Waals surface area contributed by atoms with Crippen LogP contribution in [0.25, 0.3) is 11.4 Å². The molecule has 0 spiro atoms. The van der Waals surface area contributed by atoms with Gasteiger partial charge in [0.1, 0.15) is 5.82 Å². The van der Waals surface area contributed by atoms with Crippen molar-refractivity contribution >= 4 is 24.0 Å². The Kier molecular flexibility index (Phi) is 6.17. The van der Waals surface area contributed by atoms with Crippen LogP contribution < -0.4 is 11.1 Å². The Bertz CT molecular complexity index is 780. The van der Waals surface area contributed by atoms with Crippen molar-refractivity contribution in [2.24, 2.45) is 5.73 Å². The monoisotopic (exact) mass is 389 g/mol. The molecule has 2 aromatic rings. The molecule has 1 saturated carbocycles. The highest BCUT2D eigenvalue weighted by molar-refractivity contribution is 5.98. The summed E-state index contributed by atoms with van der Waals surface area (Å²) in [6.07, 6.45) is 9.36. The van der Waals surface area contributed by atoms with E-state index in [4.69, 9.17) is 5.73 Å². The van der Waals surface area contributed by atoms with Crippen LogP contribution in [0.15, 0.2) is 24.3 Å². The van der Waals surface area contributed by atoms with Crippen LogP contribution in [-0.4, -0.2) is 26.2 Å². The third-order valence-electron chi connectivity index (χ3n) is 5.71. The van der Waals surface area contributed by atoms with Gasteiger partial charge in [-0.3, -0.25) is 4.79 Å². The number of anilines is 1. The van der Waals surface area contributed by atoms with Gasteiger partial charge < -0.3 is 15.6 Å². The number of aryl methyl sites for hydroxylation is 1.